The maximum absolute atomic E-state index is 13.6. The van der Waals surface area contributed by atoms with Gasteiger partial charge in [-0.3, -0.25) is 13.8 Å². The molecule has 0 radical (unpaired) electrons. The second-order valence-corrected chi connectivity index (χ2v) is 10.0. The summed E-state index contributed by atoms with van der Waals surface area (Å²) in [5.41, 5.74) is 1.38. The molecule has 0 saturated heterocycles. The number of halogens is 4. The van der Waals surface area contributed by atoms with E-state index in [1.165, 1.54) is 17.4 Å². The first-order chi connectivity index (χ1) is 15.7. The van der Waals surface area contributed by atoms with Crippen LogP contribution >= 0.6 is 39.5 Å². The van der Waals surface area contributed by atoms with Crippen LogP contribution in [0, 0.1) is 3.95 Å². The molecule has 3 aromatic carbocycles. The number of benzene rings is 3. The number of fused-ring (bicyclic) bond motifs is 3. The van der Waals surface area contributed by atoms with Gasteiger partial charge in [0.05, 0.1) is 27.9 Å². The summed E-state index contributed by atoms with van der Waals surface area (Å²) < 4.78 is 44.9. The third kappa shape index (κ3) is 3.94. The first kappa shape index (κ1) is 22.1. The van der Waals surface area contributed by atoms with Gasteiger partial charge in [0.1, 0.15) is 5.65 Å². The highest BCUT2D eigenvalue weighted by Crippen LogP contribution is 2.37. The fourth-order valence-electron chi connectivity index (χ4n) is 3.86. The molecule has 0 saturated carbocycles. The lowest BCUT2D eigenvalue weighted by atomic mass is 10.1. The Hall–Kier alpha value is -2.75. The minimum Gasteiger partial charge on any atom is -0.288 e. The van der Waals surface area contributed by atoms with Crippen molar-refractivity contribution in [3.8, 4) is 10.4 Å². The van der Waals surface area contributed by atoms with E-state index in [4.69, 9.17) is 12.2 Å². The Kier molecular flexibility index (Phi) is 5.50. The summed E-state index contributed by atoms with van der Waals surface area (Å²) in [6.07, 6.45) is -4.48. The van der Waals surface area contributed by atoms with Gasteiger partial charge in [-0.1, -0.05) is 52.3 Å². The second-order valence-electron chi connectivity index (χ2n) is 7.47. The summed E-state index contributed by atoms with van der Waals surface area (Å²) in [5, 5.41) is 0.492. The monoisotopic (exact) mass is 546 g/mol. The van der Waals surface area contributed by atoms with E-state index in [2.05, 4.69) is 15.9 Å². The maximum atomic E-state index is 13.6. The SMILES string of the molecule is O=c1c2ccccc2n2c(=S)sc(-c3cccc(C(F)(F)F)c3)c2n1Cc1ccc(Br)cc1. The van der Waals surface area contributed by atoms with Crippen LogP contribution in [0.5, 0.6) is 0 Å². The molecule has 0 fully saturated rings. The number of para-hydroxylation sites is 1. The molecule has 5 aromatic rings. The van der Waals surface area contributed by atoms with E-state index < -0.39 is 11.7 Å². The van der Waals surface area contributed by atoms with Crippen LogP contribution in [-0.4, -0.2) is 8.97 Å². The predicted octanol–water partition coefficient (Wildman–Crippen LogP) is 7.54. The van der Waals surface area contributed by atoms with Crippen molar-refractivity contribution < 1.29 is 13.2 Å². The normalized spacial score (nSPS) is 12.0. The number of hydrogen-bond donors (Lipinski definition) is 0. The standard InChI is InChI=1S/C24H14BrF3N2OS2/c25-17-10-8-14(9-11-17)13-29-21-20(15-4-3-5-16(12-15)24(26,27)28)33-23(32)30(21)19-7-2-1-6-18(19)22(29)31/h1-12H,13H2. The first-order valence-electron chi connectivity index (χ1n) is 9.83. The van der Waals surface area contributed by atoms with Crippen LogP contribution in [0.3, 0.4) is 0 Å². The number of rotatable bonds is 3. The Morgan fingerprint density at radius 2 is 1.70 bits per heavy atom. The Morgan fingerprint density at radius 1 is 0.970 bits per heavy atom. The van der Waals surface area contributed by atoms with Gasteiger partial charge in [-0.05, 0) is 59.7 Å². The van der Waals surface area contributed by atoms with Gasteiger partial charge in [0.25, 0.3) is 5.56 Å². The summed E-state index contributed by atoms with van der Waals surface area (Å²) >= 11 is 10.2. The summed E-state index contributed by atoms with van der Waals surface area (Å²) in [4.78, 5) is 14.1. The fourth-order valence-corrected chi connectivity index (χ4v) is 5.54. The van der Waals surface area contributed by atoms with E-state index in [1.807, 2.05) is 30.3 Å². The van der Waals surface area contributed by atoms with Crippen molar-refractivity contribution in [1.82, 2.24) is 8.97 Å². The van der Waals surface area contributed by atoms with E-state index in [-0.39, 0.29) is 12.1 Å². The number of alkyl halides is 3. The highest BCUT2D eigenvalue weighted by Gasteiger charge is 2.31. The van der Waals surface area contributed by atoms with Crippen molar-refractivity contribution >= 4 is 56.0 Å². The van der Waals surface area contributed by atoms with Gasteiger partial charge in [-0.2, -0.15) is 13.2 Å². The molecule has 0 aliphatic rings. The summed E-state index contributed by atoms with van der Waals surface area (Å²) in [7, 11) is 0. The van der Waals surface area contributed by atoms with E-state index in [0.29, 0.717) is 30.9 Å². The van der Waals surface area contributed by atoms with E-state index in [1.54, 1.807) is 33.2 Å². The molecule has 166 valence electrons. The van der Waals surface area contributed by atoms with Gasteiger partial charge in [-0.25, -0.2) is 0 Å². The number of nitrogens with zero attached hydrogens (tertiary/aromatic N) is 2. The van der Waals surface area contributed by atoms with Gasteiger partial charge in [-0.15, -0.1) is 11.3 Å². The topological polar surface area (TPSA) is 26.4 Å². The maximum Gasteiger partial charge on any atom is 0.416 e. The minimum atomic E-state index is -4.48. The summed E-state index contributed by atoms with van der Waals surface area (Å²) in [6, 6.07) is 19.8. The molecular weight excluding hydrogens is 533 g/mol. The van der Waals surface area contributed by atoms with Crippen LogP contribution in [0.25, 0.3) is 27.0 Å². The number of aromatic nitrogens is 2. The van der Waals surface area contributed by atoms with Crippen LogP contribution < -0.4 is 5.56 Å². The van der Waals surface area contributed by atoms with Gasteiger partial charge < -0.3 is 0 Å². The van der Waals surface area contributed by atoms with Crippen molar-refractivity contribution in [3.05, 3.63) is 103 Å². The first-order valence-corrected chi connectivity index (χ1v) is 11.8. The second kappa shape index (κ2) is 8.23. The van der Waals surface area contributed by atoms with Gasteiger partial charge in [0.2, 0.25) is 0 Å². The molecule has 2 aromatic heterocycles. The molecule has 0 spiro atoms. The van der Waals surface area contributed by atoms with Crippen LogP contribution in [-0.2, 0) is 12.7 Å². The Balaban J connectivity index is 1.87. The predicted molar refractivity (Wildman–Crippen MR) is 132 cm³/mol. The lowest BCUT2D eigenvalue weighted by molar-refractivity contribution is -0.137. The van der Waals surface area contributed by atoms with Crippen molar-refractivity contribution in [1.29, 1.82) is 0 Å². The van der Waals surface area contributed by atoms with Crippen LogP contribution in [0.15, 0.2) is 82.1 Å². The molecule has 0 aliphatic carbocycles. The summed E-state index contributed by atoms with van der Waals surface area (Å²) in [6.45, 7) is 0.248. The average molecular weight is 547 g/mol. The molecule has 0 aliphatic heterocycles. The third-order valence-electron chi connectivity index (χ3n) is 5.37. The molecule has 0 atom stereocenters. The Bertz CT molecular complexity index is 1630. The van der Waals surface area contributed by atoms with Crippen LogP contribution in [0.4, 0.5) is 13.2 Å². The largest absolute Gasteiger partial charge is 0.416 e. The highest BCUT2D eigenvalue weighted by molar-refractivity contribution is 9.10. The van der Waals surface area contributed by atoms with Gasteiger partial charge in [0, 0.05) is 4.47 Å². The molecule has 0 N–H and O–H groups in total. The molecule has 0 bridgehead atoms. The van der Waals surface area contributed by atoms with Crippen molar-refractivity contribution in [2.24, 2.45) is 0 Å². The van der Waals surface area contributed by atoms with Gasteiger partial charge in [0.15, 0.2) is 3.95 Å². The van der Waals surface area contributed by atoms with Crippen LogP contribution in [0.2, 0.25) is 0 Å². The lowest BCUT2D eigenvalue weighted by Gasteiger charge is -2.14. The zero-order valence-electron chi connectivity index (χ0n) is 16.8. The third-order valence-corrected chi connectivity index (χ3v) is 7.31. The quantitative estimate of drug-likeness (QED) is 0.218. The molecule has 2 heterocycles. The lowest BCUT2D eigenvalue weighted by Crippen LogP contribution is -2.23. The summed E-state index contributed by atoms with van der Waals surface area (Å²) in [5.74, 6) is 0. The van der Waals surface area contributed by atoms with Crippen molar-refractivity contribution in [2.45, 2.75) is 12.7 Å². The molecule has 0 unspecified atom stereocenters. The number of thiazole rings is 1. The zero-order valence-corrected chi connectivity index (χ0v) is 20.0. The molecule has 9 heteroatoms. The van der Waals surface area contributed by atoms with E-state index in [0.717, 1.165) is 22.2 Å². The fraction of sp³-hybridized carbons (Fsp3) is 0.0833. The van der Waals surface area contributed by atoms with Crippen molar-refractivity contribution in [2.75, 3.05) is 0 Å². The Labute approximate surface area is 203 Å². The number of hydrogen-bond acceptors (Lipinski definition) is 3. The Morgan fingerprint density at radius 3 is 2.42 bits per heavy atom. The highest BCUT2D eigenvalue weighted by atomic mass is 79.9. The molecule has 33 heavy (non-hydrogen) atoms. The smallest absolute Gasteiger partial charge is 0.288 e. The molecule has 5 rings (SSSR count). The van der Waals surface area contributed by atoms with E-state index in [9.17, 15) is 18.0 Å². The van der Waals surface area contributed by atoms with Crippen molar-refractivity contribution in [3.63, 3.8) is 0 Å². The van der Waals surface area contributed by atoms with E-state index >= 15 is 0 Å². The molecule has 3 nitrogen and oxygen atoms in total. The molecular formula is C24H14BrF3N2OS2. The minimum absolute atomic E-state index is 0.227. The zero-order chi connectivity index (χ0) is 23.3. The molecule has 0 amide bonds. The van der Waals surface area contributed by atoms with Gasteiger partial charge >= 0.3 is 6.18 Å². The van der Waals surface area contributed by atoms with Crippen LogP contribution in [0.1, 0.15) is 11.1 Å². The average Bonchev–Trinajstić information content (AvgIpc) is 3.14.